The molecule has 1 amide bonds. The molecule has 130 valence electrons. The molecule has 0 bridgehead atoms. The summed E-state index contributed by atoms with van der Waals surface area (Å²) in [6, 6.07) is 3.63. The molecule has 2 aromatic heterocycles. The molecule has 1 aliphatic carbocycles. The number of anilines is 1. The van der Waals surface area contributed by atoms with Gasteiger partial charge in [0.25, 0.3) is 5.91 Å². The highest BCUT2D eigenvalue weighted by atomic mass is 32.1. The average Bonchev–Trinajstić information content (AvgIpc) is 3.08. The number of thiophene rings is 1. The molecule has 1 N–H and O–H groups in total. The fourth-order valence-electron chi connectivity index (χ4n) is 2.78. The largest absolute Gasteiger partial charge is 0.451 e. The Hall–Kier alpha value is -2.66. The van der Waals surface area contributed by atoms with Crippen molar-refractivity contribution in [1.29, 1.82) is 5.26 Å². The number of hydrogen-bond donors (Lipinski definition) is 1. The second-order valence-corrected chi connectivity index (χ2v) is 6.93. The van der Waals surface area contributed by atoms with Crippen molar-refractivity contribution in [3.05, 3.63) is 33.5 Å². The summed E-state index contributed by atoms with van der Waals surface area (Å²) in [7, 11) is 0. The van der Waals surface area contributed by atoms with Crippen LogP contribution in [0, 0.1) is 18.3 Å². The van der Waals surface area contributed by atoms with Gasteiger partial charge in [0, 0.05) is 10.9 Å². The molecule has 0 spiro atoms. The molecular formula is C17H17N3O4S. The third kappa shape index (κ3) is 3.88. The minimum absolute atomic E-state index is 0.0193. The Morgan fingerprint density at radius 1 is 1.40 bits per heavy atom. The van der Waals surface area contributed by atoms with Crippen LogP contribution in [0.15, 0.2) is 10.6 Å². The number of hydrogen-bond acceptors (Lipinski definition) is 7. The normalized spacial score (nSPS) is 13.4. The lowest BCUT2D eigenvalue weighted by atomic mass is 10.1. The molecule has 0 aromatic carbocycles. The molecule has 0 radical (unpaired) electrons. The lowest BCUT2D eigenvalue weighted by molar-refractivity contribution is -0.119. The molecule has 0 saturated carbocycles. The molecule has 0 aliphatic heterocycles. The van der Waals surface area contributed by atoms with E-state index >= 15 is 0 Å². The quantitative estimate of drug-likeness (QED) is 0.664. The van der Waals surface area contributed by atoms with E-state index < -0.39 is 18.5 Å². The number of esters is 1. The van der Waals surface area contributed by atoms with Crippen LogP contribution in [0.5, 0.6) is 0 Å². The number of ether oxygens (including phenoxy) is 1. The van der Waals surface area contributed by atoms with Gasteiger partial charge in [-0.05, 0) is 38.2 Å². The van der Waals surface area contributed by atoms with Crippen molar-refractivity contribution in [2.75, 3.05) is 11.9 Å². The lowest BCUT2D eigenvalue weighted by Crippen LogP contribution is -2.21. The smallest absolute Gasteiger partial charge is 0.361 e. The Morgan fingerprint density at radius 2 is 2.20 bits per heavy atom. The first-order valence-corrected chi connectivity index (χ1v) is 8.85. The number of aromatic nitrogens is 1. The Morgan fingerprint density at radius 3 is 2.92 bits per heavy atom. The van der Waals surface area contributed by atoms with Crippen molar-refractivity contribution in [3.8, 4) is 6.07 Å². The van der Waals surface area contributed by atoms with Crippen molar-refractivity contribution in [2.45, 2.75) is 39.0 Å². The SMILES string of the molecule is Cc1cc(C(=O)OCC(=O)Nc2sc3c(c2C#N)CCCCC3)no1. The first kappa shape index (κ1) is 17.2. The van der Waals surface area contributed by atoms with Crippen LogP contribution in [0.3, 0.4) is 0 Å². The zero-order valence-corrected chi connectivity index (χ0v) is 14.6. The summed E-state index contributed by atoms with van der Waals surface area (Å²) in [6.07, 6.45) is 5.11. The van der Waals surface area contributed by atoms with Crippen LogP contribution in [-0.2, 0) is 22.4 Å². The number of carbonyl (C=O) groups is 2. The Balaban J connectivity index is 1.63. The van der Waals surface area contributed by atoms with Crippen molar-refractivity contribution in [3.63, 3.8) is 0 Å². The van der Waals surface area contributed by atoms with Gasteiger partial charge in [0.15, 0.2) is 12.3 Å². The maximum atomic E-state index is 12.1. The molecule has 8 heteroatoms. The molecule has 25 heavy (non-hydrogen) atoms. The van der Waals surface area contributed by atoms with E-state index in [9.17, 15) is 14.9 Å². The van der Waals surface area contributed by atoms with E-state index in [0.717, 1.165) is 37.7 Å². The number of aryl methyl sites for hydroxylation is 2. The number of nitrogens with one attached hydrogen (secondary N) is 1. The van der Waals surface area contributed by atoms with Gasteiger partial charge < -0.3 is 14.6 Å². The topological polar surface area (TPSA) is 105 Å². The van der Waals surface area contributed by atoms with Gasteiger partial charge in [0.05, 0.1) is 5.56 Å². The molecular weight excluding hydrogens is 342 g/mol. The van der Waals surface area contributed by atoms with E-state index in [1.165, 1.54) is 22.3 Å². The van der Waals surface area contributed by atoms with E-state index in [4.69, 9.17) is 9.26 Å². The highest BCUT2D eigenvalue weighted by Crippen LogP contribution is 2.36. The highest BCUT2D eigenvalue weighted by molar-refractivity contribution is 7.16. The second kappa shape index (κ2) is 7.49. The van der Waals surface area contributed by atoms with E-state index in [-0.39, 0.29) is 5.69 Å². The number of fused-ring (bicyclic) bond motifs is 1. The number of nitriles is 1. The van der Waals surface area contributed by atoms with Gasteiger partial charge in [-0.25, -0.2) is 4.79 Å². The predicted molar refractivity (Wildman–Crippen MR) is 90.4 cm³/mol. The van der Waals surface area contributed by atoms with E-state index in [2.05, 4.69) is 16.5 Å². The first-order chi connectivity index (χ1) is 12.1. The summed E-state index contributed by atoms with van der Waals surface area (Å²) in [5.41, 5.74) is 1.61. The Bertz CT molecular complexity index is 847. The zero-order valence-electron chi connectivity index (χ0n) is 13.8. The third-order valence-corrected chi connectivity index (χ3v) is 5.16. The minimum atomic E-state index is -0.727. The van der Waals surface area contributed by atoms with Crippen LogP contribution < -0.4 is 5.32 Å². The summed E-state index contributed by atoms with van der Waals surface area (Å²) in [5, 5.41) is 16.2. The Labute approximate surface area is 148 Å². The van der Waals surface area contributed by atoms with Gasteiger partial charge >= 0.3 is 5.97 Å². The predicted octanol–water partition coefficient (Wildman–Crippen LogP) is 2.98. The van der Waals surface area contributed by atoms with E-state index in [1.807, 2.05) is 0 Å². The second-order valence-electron chi connectivity index (χ2n) is 5.83. The third-order valence-electron chi connectivity index (χ3n) is 3.96. The van der Waals surface area contributed by atoms with E-state index in [1.54, 1.807) is 6.92 Å². The molecule has 3 rings (SSSR count). The molecule has 7 nitrogen and oxygen atoms in total. The van der Waals surface area contributed by atoms with Crippen molar-refractivity contribution in [1.82, 2.24) is 5.16 Å². The molecule has 0 unspecified atom stereocenters. The molecule has 1 aliphatic rings. The highest BCUT2D eigenvalue weighted by Gasteiger charge is 2.21. The first-order valence-electron chi connectivity index (χ1n) is 8.03. The average molecular weight is 359 g/mol. The summed E-state index contributed by atoms with van der Waals surface area (Å²) >= 11 is 1.44. The fourth-order valence-corrected chi connectivity index (χ4v) is 4.04. The molecule has 0 atom stereocenters. The van der Waals surface area contributed by atoms with E-state index in [0.29, 0.717) is 16.3 Å². The summed E-state index contributed by atoms with van der Waals surface area (Å²) in [6.45, 7) is 1.21. The zero-order chi connectivity index (χ0) is 17.8. The lowest BCUT2D eigenvalue weighted by Gasteiger charge is -2.04. The maximum absolute atomic E-state index is 12.1. The molecule has 2 aromatic rings. The van der Waals surface area contributed by atoms with Gasteiger partial charge in [-0.1, -0.05) is 11.6 Å². The fraction of sp³-hybridized carbons (Fsp3) is 0.412. The number of carbonyl (C=O) groups excluding carboxylic acids is 2. The Kier molecular flexibility index (Phi) is 5.14. The molecule has 2 heterocycles. The van der Waals surface area contributed by atoms with Crippen LogP contribution in [-0.4, -0.2) is 23.6 Å². The standard InChI is InChI=1S/C17H17N3O4S/c1-10-7-13(20-24-10)17(22)23-9-15(21)19-16-12(8-18)11-5-3-2-4-6-14(11)25-16/h7H,2-6,9H2,1H3,(H,19,21). The summed E-state index contributed by atoms with van der Waals surface area (Å²) in [5.74, 6) is -0.730. The molecule has 0 fully saturated rings. The monoisotopic (exact) mass is 359 g/mol. The van der Waals surface area contributed by atoms with Crippen LogP contribution >= 0.6 is 11.3 Å². The van der Waals surface area contributed by atoms with Crippen molar-refractivity contribution in [2.24, 2.45) is 0 Å². The van der Waals surface area contributed by atoms with Gasteiger partial charge in [0.1, 0.15) is 16.8 Å². The van der Waals surface area contributed by atoms with Gasteiger partial charge in [-0.15, -0.1) is 11.3 Å². The van der Waals surface area contributed by atoms with Crippen molar-refractivity contribution < 1.29 is 18.8 Å². The van der Waals surface area contributed by atoms with Crippen molar-refractivity contribution >= 4 is 28.2 Å². The number of rotatable bonds is 4. The molecule has 0 saturated heterocycles. The van der Waals surface area contributed by atoms with Crippen LogP contribution in [0.4, 0.5) is 5.00 Å². The van der Waals surface area contributed by atoms with Crippen LogP contribution in [0.1, 0.15) is 51.5 Å². The van der Waals surface area contributed by atoms with Gasteiger partial charge in [0.2, 0.25) is 0 Å². The van der Waals surface area contributed by atoms with Gasteiger partial charge in [-0.2, -0.15) is 5.26 Å². The summed E-state index contributed by atoms with van der Waals surface area (Å²) < 4.78 is 9.71. The minimum Gasteiger partial charge on any atom is -0.451 e. The number of nitrogens with zero attached hydrogens (tertiary/aromatic N) is 2. The van der Waals surface area contributed by atoms with Gasteiger partial charge in [-0.3, -0.25) is 4.79 Å². The number of amides is 1. The van der Waals surface area contributed by atoms with Crippen LogP contribution in [0.25, 0.3) is 0 Å². The van der Waals surface area contributed by atoms with Crippen LogP contribution in [0.2, 0.25) is 0 Å². The maximum Gasteiger partial charge on any atom is 0.361 e. The summed E-state index contributed by atoms with van der Waals surface area (Å²) in [4.78, 5) is 25.0.